The highest BCUT2D eigenvalue weighted by atomic mass is 16.2. The molecule has 5 heteroatoms. The summed E-state index contributed by atoms with van der Waals surface area (Å²) in [6.45, 7) is 0. The van der Waals surface area contributed by atoms with E-state index in [0.29, 0.717) is 11.8 Å². The van der Waals surface area contributed by atoms with Gasteiger partial charge in [0.05, 0.1) is 18.1 Å². The fourth-order valence-electron chi connectivity index (χ4n) is 3.33. The van der Waals surface area contributed by atoms with Gasteiger partial charge in [-0.05, 0) is 18.8 Å². The van der Waals surface area contributed by atoms with Gasteiger partial charge in [-0.15, -0.1) is 0 Å². The van der Waals surface area contributed by atoms with Crippen LogP contribution in [0, 0.1) is 5.92 Å². The van der Waals surface area contributed by atoms with Gasteiger partial charge in [-0.25, -0.2) is 4.98 Å². The van der Waals surface area contributed by atoms with Gasteiger partial charge in [0.1, 0.15) is 0 Å². The topological polar surface area (TPSA) is 83.8 Å². The minimum atomic E-state index is -0.349. The summed E-state index contributed by atoms with van der Waals surface area (Å²) in [6, 6.07) is -0.123. The van der Waals surface area contributed by atoms with Crippen LogP contribution in [0.2, 0.25) is 0 Å². The molecule has 0 aliphatic heterocycles. The molecule has 0 radical (unpaired) electrons. The monoisotopic (exact) mass is 276 g/mol. The second-order valence-electron chi connectivity index (χ2n) is 6.30. The first-order chi connectivity index (χ1) is 9.74. The lowest BCUT2D eigenvalue weighted by molar-refractivity contribution is -0.123. The van der Waals surface area contributed by atoms with Crippen LogP contribution >= 0.6 is 0 Å². The van der Waals surface area contributed by atoms with Crippen LogP contribution in [0.25, 0.3) is 0 Å². The highest BCUT2D eigenvalue weighted by Crippen LogP contribution is 2.39. The molecule has 110 valence electrons. The van der Waals surface area contributed by atoms with Crippen LogP contribution in [0.4, 0.5) is 0 Å². The molecule has 20 heavy (non-hydrogen) atoms. The predicted molar refractivity (Wildman–Crippen MR) is 77.0 cm³/mol. The lowest BCUT2D eigenvalue weighted by atomic mass is 9.85. The molecule has 1 aromatic rings. The van der Waals surface area contributed by atoms with Crippen molar-refractivity contribution in [2.24, 2.45) is 11.7 Å². The summed E-state index contributed by atoms with van der Waals surface area (Å²) in [5.41, 5.74) is 7.09. The smallest absolute Gasteiger partial charge is 0.237 e. The Kier molecular flexibility index (Phi) is 4.05. The van der Waals surface area contributed by atoms with Crippen LogP contribution in [-0.4, -0.2) is 28.0 Å². The van der Waals surface area contributed by atoms with E-state index in [1.807, 2.05) is 6.20 Å². The molecule has 0 spiro atoms. The summed E-state index contributed by atoms with van der Waals surface area (Å²) in [7, 11) is 0. The van der Waals surface area contributed by atoms with Crippen molar-refractivity contribution in [3.8, 4) is 0 Å². The number of nitrogens with two attached hydrogens (primary N) is 1. The number of hydrogen-bond donors (Lipinski definition) is 3. The summed E-state index contributed by atoms with van der Waals surface area (Å²) in [5.74, 6) is 1.02. The van der Waals surface area contributed by atoms with Gasteiger partial charge in [-0.3, -0.25) is 4.79 Å². The molecule has 3 atom stereocenters. The molecule has 2 saturated carbocycles. The van der Waals surface area contributed by atoms with Gasteiger partial charge in [0.15, 0.2) is 0 Å². The molecule has 4 N–H and O–H groups in total. The standard InChI is InChI=1S/C15H24N4O/c16-12(6-10-4-2-1-3-5-10)15(20)19-13-7-11(13)14-8-17-9-18-14/h8-13H,1-7,16H2,(H,17,18)(H,19,20)/t11?,12-,13?/m1/s1. The maximum absolute atomic E-state index is 12.1. The molecular weight excluding hydrogens is 252 g/mol. The Morgan fingerprint density at radius 2 is 2.25 bits per heavy atom. The number of amides is 1. The third-order valence-electron chi connectivity index (χ3n) is 4.67. The molecule has 1 aromatic heterocycles. The number of aromatic amines is 1. The Bertz CT molecular complexity index is 439. The number of rotatable bonds is 5. The predicted octanol–water partition coefficient (Wildman–Crippen LogP) is 1.68. The van der Waals surface area contributed by atoms with E-state index in [-0.39, 0.29) is 18.0 Å². The van der Waals surface area contributed by atoms with E-state index in [4.69, 9.17) is 5.73 Å². The van der Waals surface area contributed by atoms with E-state index in [0.717, 1.165) is 18.5 Å². The Labute approximate surface area is 119 Å². The average molecular weight is 276 g/mol. The van der Waals surface area contributed by atoms with E-state index in [1.54, 1.807) is 6.33 Å². The zero-order valence-electron chi connectivity index (χ0n) is 11.8. The zero-order valence-corrected chi connectivity index (χ0v) is 11.8. The molecular formula is C15H24N4O. The number of carbonyl (C=O) groups is 1. The first-order valence-electron chi connectivity index (χ1n) is 7.78. The van der Waals surface area contributed by atoms with Crippen LogP contribution < -0.4 is 11.1 Å². The first-order valence-corrected chi connectivity index (χ1v) is 7.78. The van der Waals surface area contributed by atoms with Crippen molar-refractivity contribution < 1.29 is 4.79 Å². The maximum atomic E-state index is 12.1. The number of H-pyrrole nitrogens is 1. The van der Waals surface area contributed by atoms with Crippen LogP contribution in [-0.2, 0) is 4.79 Å². The van der Waals surface area contributed by atoms with E-state index in [9.17, 15) is 4.79 Å². The van der Waals surface area contributed by atoms with E-state index < -0.39 is 0 Å². The number of nitrogens with zero attached hydrogens (tertiary/aromatic N) is 1. The van der Waals surface area contributed by atoms with E-state index in [2.05, 4.69) is 15.3 Å². The fraction of sp³-hybridized carbons (Fsp3) is 0.733. The lowest BCUT2D eigenvalue weighted by Crippen LogP contribution is -2.43. The van der Waals surface area contributed by atoms with Crippen molar-refractivity contribution in [1.82, 2.24) is 15.3 Å². The number of carbonyl (C=O) groups excluding carboxylic acids is 1. The van der Waals surface area contributed by atoms with Gasteiger partial charge in [0, 0.05) is 18.2 Å². The Morgan fingerprint density at radius 1 is 1.45 bits per heavy atom. The summed E-state index contributed by atoms with van der Waals surface area (Å²) in [6.07, 6.45) is 11.8. The lowest BCUT2D eigenvalue weighted by Gasteiger charge is -2.24. The van der Waals surface area contributed by atoms with Gasteiger partial charge in [-0.2, -0.15) is 0 Å². The normalized spacial score (nSPS) is 28.1. The first kappa shape index (κ1) is 13.6. The van der Waals surface area contributed by atoms with Crippen molar-refractivity contribution in [2.45, 2.75) is 62.9 Å². The highest BCUT2D eigenvalue weighted by Gasteiger charge is 2.41. The summed E-state index contributed by atoms with van der Waals surface area (Å²) >= 11 is 0. The van der Waals surface area contributed by atoms with Crippen LogP contribution in [0.15, 0.2) is 12.5 Å². The zero-order chi connectivity index (χ0) is 13.9. The van der Waals surface area contributed by atoms with Crippen molar-refractivity contribution in [3.05, 3.63) is 18.2 Å². The number of imidazole rings is 1. The number of nitrogens with one attached hydrogen (secondary N) is 2. The SMILES string of the molecule is N[C@H](CC1CCCCC1)C(=O)NC1CC1c1c[nH]cn1. The van der Waals surface area contributed by atoms with Crippen molar-refractivity contribution >= 4 is 5.91 Å². The van der Waals surface area contributed by atoms with Crippen molar-refractivity contribution in [3.63, 3.8) is 0 Å². The highest BCUT2D eigenvalue weighted by molar-refractivity contribution is 5.82. The van der Waals surface area contributed by atoms with Crippen LogP contribution in [0.1, 0.15) is 56.6 Å². The molecule has 0 bridgehead atoms. The largest absolute Gasteiger partial charge is 0.351 e. The van der Waals surface area contributed by atoms with Crippen molar-refractivity contribution in [1.29, 1.82) is 0 Å². The summed E-state index contributed by atoms with van der Waals surface area (Å²) < 4.78 is 0. The second kappa shape index (κ2) is 5.95. The van der Waals surface area contributed by atoms with Gasteiger partial charge < -0.3 is 16.0 Å². The third kappa shape index (κ3) is 3.20. The Balaban J connectivity index is 1.43. The minimum Gasteiger partial charge on any atom is -0.351 e. The Morgan fingerprint density at radius 3 is 2.95 bits per heavy atom. The quantitative estimate of drug-likeness (QED) is 0.765. The van der Waals surface area contributed by atoms with Gasteiger partial charge in [-0.1, -0.05) is 32.1 Å². The fourth-order valence-corrected chi connectivity index (χ4v) is 3.33. The van der Waals surface area contributed by atoms with E-state index >= 15 is 0 Å². The molecule has 5 nitrogen and oxygen atoms in total. The molecule has 2 aliphatic rings. The minimum absolute atomic E-state index is 0.0126. The molecule has 2 aliphatic carbocycles. The molecule has 1 heterocycles. The third-order valence-corrected chi connectivity index (χ3v) is 4.67. The van der Waals surface area contributed by atoms with Gasteiger partial charge in [0.25, 0.3) is 0 Å². The maximum Gasteiger partial charge on any atom is 0.237 e. The Hall–Kier alpha value is -1.36. The van der Waals surface area contributed by atoms with Crippen molar-refractivity contribution in [2.75, 3.05) is 0 Å². The van der Waals surface area contributed by atoms with Gasteiger partial charge >= 0.3 is 0 Å². The number of aromatic nitrogens is 2. The van der Waals surface area contributed by atoms with Crippen LogP contribution in [0.3, 0.4) is 0 Å². The summed E-state index contributed by atoms with van der Waals surface area (Å²) in [5, 5.41) is 3.06. The molecule has 2 fully saturated rings. The average Bonchev–Trinajstić information content (AvgIpc) is 3.01. The molecule has 0 aromatic carbocycles. The van der Waals surface area contributed by atoms with Gasteiger partial charge in [0.2, 0.25) is 5.91 Å². The van der Waals surface area contributed by atoms with E-state index in [1.165, 1.54) is 32.1 Å². The molecule has 2 unspecified atom stereocenters. The molecule has 0 saturated heterocycles. The summed E-state index contributed by atoms with van der Waals surface area (Å²) in [4.78, 5) is 19.3. The molecule has 1 amide bonds. The number of hydrogen-bond acceptors (Lipinski definition) is 3. The second-order valence-corrected chi connectivity index (χ2v) is 6.30. The molecule has 3 rings (SSSR count). The van der Waals surface area contributed by atoms with Crippen LogP contribution in [0.5, 0.6) is 0 Å².